The number of carboxylic acid groups (broad SMARTS) is 1. The number of rotatable bonds is 5. The highest BCUT2D eigenvalue weighted by Gasteiger charge is 2.34. The summed E-state index contributed by atoms with van der Waals surface area (Å²) in [6.45, 7) is 2.35. The van der Waals surface area contributed by atoms with E-state index in [-0.39, 0.29) is 24.0 Å². The van der Waals surface area contributed by atoms with Crippen LogP contribution in [0.25, 0.3) is 0 Å². The molecule has 0 aromatic heterocycles. The minimum Gasteiger partial charge on any atom is -0.478 e. The van der Waals surface area contributed by atoms with Crippen molar-refractivity contribution in [1.82, 2.24) is 4.90 Å². The fourth-order valence-corrected chi connectivity index (χ4v) is 2.54. The topological polar surface area (TPSA) is 83.9 Å². The Labute approximate surface area is 128 Å². The molecular weight excluding hydrogens is 286 g/mol. The second-order valence-corrected chi connectivity index (χ2v) is 5.31. The number of carboxylic acids is 1. The molecule has 6 heteroatoms. The van der Waals surface area contributed by atoms with Crippen molar-refractivity contribution in [3.8, 4) is 0 Å². The van der Waals surface area contributed by atoms with Crippen LogP contribution in [0.5, 0.6) is 0 Å². The molecular formula is C16H19NO5. The zero-order valence-corrected chi connectivity index (χ0v) is 12.4. The highest BCUT2D eigenvalue weighted by molar-refractivity contribution is 5.93. The normalized spacial score (nSPS) is 17.6. The number of amides is 2. The van der Waals surface area contributed by atoms with Crippen LogP contribution in [0, 0.1) is 5.92 Å². The van der Waals surface area contributed by atoms with Gasteiger partial charge in [0.25, 0.3) is 0 Å². The number of hydrogen-bond donors (Lipinski definition) is 1. The molecule has 1 aromatic rings. The molecule has 1 aromatic carbocycles. The van der Waals surface area contributed by atoms with Crippen LogP contribution >= 0.6 is 0 Å². The van der Waals surface area contributed by atoms with Gasteiger partial charge in [-0.05, 0) is 43.4 Å². The number of imide groups is 1. The lowest BCUT2D eigenvalue weighted by molar-refractivity contribution is -0.126. The lowest BCUT2D eigenvalue weighted by Crippen LogP contribution is -2.32. The van der Waals surface area contributed by atoms with Crippen LogP contribution in [-0.2, 0) is 16.0 Å². The van der Waals surface area contributed by atoms with Crippen molar-refractivity contribution in [1.29, 1.82) is 0 Å². The van der Waals surface area contributed by atoms with Crippen molar-refractivity contribution in [2.75, 3.05) is 13.2 Å². The summed E-state index contributed by atoms with van der Waals surface area (Å²) in [5, 5.41) is 8.85. The van der Waals surface area contributed by atoms with Crippen LogP contribution in [-0.4, -0.2) is 41.1 Å². The van der Waals surface area contributed by atoms with Crippen LogP contribution < -0.4 is 0 Å². The summed E-state index contributed by atoms with van der Waals surface area (Å²) in [5.74, 6) is -1.02. The average molecular weight is 305 g/mol. The van der Waals surface area contributed by atoms with E-state index in [2.05, 4.69) is 0 Å². The van der Waals surface area contributed by atoms with Gasteiger partial charge in [0.15, 0.2) is 0 Å². The monoisotopic (exact) mass is 305 g/mol. The van der Waals surface area contributed by atoms with E-state index in [4.69, 9.17) is 9.84 Å². The molecule has 1 heterocycles. The molecule has 1 N–H and O–H groups in total. The van der Waals surface area contributed by atoms with Crippen molar-refractivity contribution in [2.45, 2.75) is 26.2 Å². The highest BCUT2D eigenvalue weighted by Crippen LogP contribution is 2.23. The first-order valence-corrected chi connectivity index (χ1v) is 7.30. The third-order valence-electron chi connectivity index (χ3n) is 3.74. The number of nitrogens with zero attached hydrogens (tertiary/aromatic N) is 1. The standard InChI is InChI=1S/C16H19NO5/c1-2-22-16(21)17-10-12(9-14(17)18)4-3-11-5-7-13(8-6-11)15(19)20/h5-8,12H,2-4,9-10H2,1H3,(H,19,20). The maximum atomic E-state index is 11.8. The van der Waals surface area contributed by atoms with Crippen LogP contribution in [0.4, 0.5) is 4.79 Å². The zero-order chi connectivity index (χ0) is 16.1. The Bertz CT molecular complexity index is 566. The molecule has 22 heavy (non-hydrogen) atoms. The number of aromatic carboxylic acids is 1. The predicted octanol–water partition coefficient (Wildman–Crippen LogP) is 2.32. The van der Waals surface area contributed by atoms with E-state index < -0.39 is 12.1 Å². The molecule has 1 atom stereocenters. The predicted molar refractivity (Wildman–Crippen MR) is 78.6 cm³/mol. The summed E-state index contributed by atoms with van der Waals surface area (Å²) >= 11 is 0. The van der Waals surface area contributed by atoms with E-state index in [1.165, 1.54) is 4.90 Å². The number of carbonyl (C=O) groups is 3. The van der Waals surface area contributed by atoms with Crippen molar-refractivity contribution >= 4 is 18.0 Å². The zero-order valence-electron chi connectivity index (χ0n) is 12.4. The number of hydrogen-bond acceptors (Lipinski definition) is 4. The molecule has 2 amide bonds. The minimum absolute atomic E-state index is 0.121. The Balaban J connectivity index is 1.86. The Hall–Kier alpha value is -2.37. The van der Waals surface area contributed by atoms with Crippen LogP contribution in [0.2, 0.25) is 0 Å². The van der Waals surface area contributed by atoms with Gasteiger partial charge in [0.05, 0.1) is 12.2 Å². The molecule has 1 unspecified atom stereocenters. The van der Waals surface area contributed by atoms with Crippen LogP contribution in [0.15, 0.2) is 24.3 Å². The van der Waals surface area contributed by atoms with Crippen molar-refractivity contribution in [3.63, 3.8) is 0 Å². The largest absolute Gasteiger partial charge is 0.478 e. The van der Waals surface area contributed by atoms with Gasteiger partial charge in [-0.1, -0.05) is 12.1 Å². The Morgan fingerprint density at radius 1 is 1.32 bits per heavy atom. The van der Waals surface area contributed by atoms with Crippen molar-refractivity contribution < 1.29 is 24.2 Å². The summed E-state index contributed by atoms with van der Waals surface area (Å²) in [7, 11) is 0. The van der Waals surface area contributed by atoms with E-state index >= 15 is 0 Å². The smallest absolute Gasteiger partial charge is 0.416 e. The molecule has 0 aliphatic carbocycles. The summed E-state index contributed by atoms with van der Waals surface area (Å²) in [6.07, 6.45) is 1.30. The maximum Gasteiger partial charge on any atom is 0.416 e. The number of benzene rings is 1. The van der Waals surface area contributed by atoms with E-state index in [9.17, 15) is 14.4 Å². The van der Waals surface area contributed by atoms with E-state index in [0.717, 1.165) is 18.4 Å². The summed E-state index contributed by atoms with van der Waals surface area (Å²) in [5.41, 5.74) is 1.28. The molecule has 1 aliphatic heterocycles. The highest BCUT2D eigenvalue weighted by atomic mass is 16.6. The van der Waals surface area contributed by atoms with Gasteiger partial charge in [0.2, 0.25) is 5.91 Å². The van der Waals surface area contributed by atoms with Crippen LogP contribution in [0.3, 0.4) is 0 Å². The molecule has 0 bridgehead atoms. The number of aryl methyl sites for hydroxylation is 1. The Morgan fingerprint density at radius 3 is 2.59 bits per heavy atom. The van der Waals surface area contributed by atoms with Gasteiger partial charge in [0.1, 0.15) is 0 Å². The third-order valence-corrected chi connectivity index (χ3v) is 3.74. The average Bonchev–Trinajstić information content (AvgIpc) is 2.87. The Kier molecular flexibility index (Phi) is 5.14. The van der Waals surface area contributed by atoms with E-state index in [1.807, 2.05) is 0 Å². The fraction of sp³-hybridized carbons (Fsp3) is 0.438. The second kappa shape index (κ2) is 7.06. The first-order valence-electron chi connectivity index (χ1n) is 7.30. The molecule has 118 valence electrons. The van der Waals surface area contributed by atoms with Crippen molar-refractivity contribution in [2.24, 2.45) is 5.92 Å². The first kappa shape index (κ1) is 16.0. The third kappa shape index (κ3) is 3.84. The molecule has 0 spiro atoms. The number of ether oxygens (including phenoxy) is 1. The number of carbonyl (C=O) groups excluding carboxylic acids is 2. The lowest BCUT2D eigenvalue weighted by atomic mass is 9.98. The van der Waals surface area contributed by atoms with Gasteiger partial charge in [-0.3, -0.25) is 4.79 Å². The lowest BCUT2D eigenvalue weighted by Gasteiger charge is -2.14. The fourth-order valence-electron chi connectivity index (χ4n) is 2.54. The molecule has 0 saturated carbocycles. The molecule has 2 rings (SSSR count). The first-order chi connectivity index (χ1) is 10.5. The molecule has 0 radical (unpaired) electrons. The minimum atomic E-state index is -0.946. The van der Waals surface area contributed by atoms with E-state index in [1.54, 1.807) is 31.2 Å². The molecule has 6 nitrogen and oxygen atoms in total. The summed E-state index contributed by atoms with van der Waals surface area (Å²) < 4.78 is 4.85. The molecule has 1 fully saturated rings. The van der Waals surface area contributed by atoms with Gasteiger partial charge in [0, 0.05) is 13.0 Å². The quantitative estimate of drug-likeness (QED) is 0.902. The van der Waals surface area contributed by atoms with Crippen molar-refractivity contribution in [3.05, 3.63) is 35.4 Å². The van der Waals surface area contributed by atoms with Gasteiger partial charge in [-0.15, -0.1) is 0 Å². The van der Waals surface area contributed by atoms with Crippen LogP contribution in [0.1, 0.15) is 35.7 Å². The molecule has 1 aliphatic rings. The summed E-state index contributed by atoms with van der Waals surface area (Å²) in [6, 6.07) is 6.71. The SMILES string of the molecule is CCOC(=O)N1CC(CCc2ccc(C(=O)O)cc2)CC1=O. The Morgan fingerprint density at radius 2 is 2.00 bits per heavy atom. The van der Waals surface area contributed by atoms with Gasteiger partial charge in [-0.25, -0.2) is 14.5 Å². The van der Waals surface area contributed by atoms with E-state index in [0.29, 0.717) is 13.0 Å². The maximum absolute atomic E-state index is 11.8. The number of likely N-dealkylation sites (tertiary alicyclic amines) is 1. The van der Waals surface area contributed by atoms with Gasteiger partial charge >= 0.3 is 12.1 Å². The second-order valence-electron chi connectivity index (χ2n) is 5.31. The molecule has 1 saturated heterocycles. The van der Waals surface area contributed by atoms with Gasteiger partial charge in [-0.2, -0.15) is 0 Å². The summed E-state index contributed by atoms with van der Waals surface area (Å²) in [4.78, 5) is 35.3. The van der Waals surface area contributed by atoms with Gasteiger partial charge < -0.3 is 9.84 Å².